The first-order valence-electron chi connectivity index (χ1n) is 6.62. The van der Waals surface area contributed by atoms with Crippen LogP contribution in [0.25, 0.3) is 0 Å². The molecule has 1 aromatic carbocycles. The van der Waals surface area contributed by atoms with Gasteiger partial charge in [-0.3, -0.25) is 14.9 Å². The molecule has 1 atom stereocenters. The Morgan fingerprint density at radius 1 is 1.30 bits per heavy atom. The van der Waals surface area contributed by atoms with Crippen LogP contribution in [0.4, 0.5) is 5.69 Å². The maximum Gasteiger partial charge on any atom is 0.311 e. The lowest BCUT2D eigenvalue weighted by atomic mass is 9.84. The Labute approximate surface area is 119 Å². The van der Waals surface area contributed by atoms with Gasteiger partial charge in [-0.1, -0.05) is 27.7 Å². The van der Waals surface area contributed by atoms with Gasteiger partial charge in [0.25, 0.3) is 5.69 Å². The van der Waals surface area contributed by atoms with Crippen molar-refractivity contribution in [1.29, 1.82) is 0 Å². The normalized spacial score (nSPS) is 12.8. The van der Waals surface area contributed by atoms with Crippen LogP contribution in [0.5, 0.6) is 5.75 Å². The van der Waals surface area contributed by atoms with E-state index in [9.17, 15) is 14.9 Å². The fraction of sp³-hybridized carbons (Fsp3) is 0.533. The molecule has 110 valence electrons. The Balaban J connectivity index is 2.52. The number of nitro benzene ring substituents is 1. The summed E-state index contributed by atoms with van der Waals surface area (Å²) in [5.74, 6) is 0.264. The van der Waals surface area contributed by atoms with Crippen molar-refractivity contribution < 1.29 is 14.5 Å². The van der Waals surface area contributed by atoms with Crippen LogP contribution in [-0.2, 0) is 4.79 Å². The number of ether oxygens (including phenoxy) is 1. The molecule has 0 saturated heterocycles. The van der Waals surface area contributed by atoms with Crippen molar-refractivity contribution in [2.24, 2.45) is 11.3 Å². The van der Waals surface area contributed by atoms with Crippen molar-refractivity contribution in [3.8, 4) is 5.75 Å². The zero-order valence-corrected chi connectivity index (χ0v) is 12.4. The molecular weight excluding hydrogens is 258 g/mol. The highest BCUT2D eigenvalue weighted by Crippen LogP contribution is 2.26. The Bertz CT molecular complexity index is 474. The summed E-state index contributed by atoms with van der Waals surface area (Å²) in [6.45, 7) is 8.41. The standard InChI is InChI=1S/C15H21NO4/c1-11(10-15(2,3)4)9-14(17)20-13-7-5-12(6-8-13)16(18)19/h5-8,11H,9-10H2,1-4H3/t11-/m1/s1. The van der Waals surface area contributed by atoms with E-state index < -0.39 is 4.92 Å². The van der Waals surface area contributed by atoms with E-state index in [2.05, 4.69) is 20.8 Å². The number of benzene rings is 1. The predicted molar refractivity (Wildman–Crippen MR) is 76.6 cm³/mol. The number of nitrogens with zero attached hydrogens (tertiary/aromatic N) is 1. The van der Waals surface area contributed by atoms with Gasteiger partial charge in [0.2, 0.25) is 0 Å². The van der Waals surface area contributed by atoms with E-state index in [1.54, 1.807) is 0 Å². The van der Waals surface area contributed by atoms with Crippen LogP contribution >= 0.6 is 0 Å². The number of hydrogen-bond donors (Lipinski definition) is 0. The molecule has 5 nitrogen and oxygen atoms in total. The fourth-order valence-electron chi connectivity index (χ4n) is 2.21. The molecule has 20 heavy (non-hydrogen) atoms. The van der Waals surface area contributed by atoms with E-state index in [1.165, 1.54) is 24.3 Å². The van der Waals surface area contributed by atoms with Crippen LogP contribution in [-0.4, -0.2) is 10.9 Å². The molecule has 0 spiro atoms. The maximum absolute atomic E-state index is 11.8. The summed E-state index contributed by atoms with van der Waals surface area (Å²) in [4.78, 5) is 21.8. The third kappa shape index (κ3) is 5.82. The Morgan fingerprint density at radius 3 is 2.30 bits per heavy atom. The Morgan fingerprint density at radius 2 is 1.85 bits per heavy atom. The maximum atomic E-state index is 11.8. The smallest absolute Gasteiger partial charge is 0.311 e. The highest BCUT2D eigenvalue weighted by molar-refractivity contribution is 5.72. The fourth-order valence-corrected chi connectivity index (χ4v) is 2.21. The third-order valence-corrected chi connectivity index (χ3v) is 2.76. The summed E-state index contributed by atoms with van der Waals surface area (Å²) in [6.07, 6.45) is 1.27. The van der Waals surface area contributed by atoms with Crippen LogP contribution in [0.1, 0.15) is 40.5 Å². The summed E-state index contributed by atoms with van der Waals surface area (Å²) in [6, 6.07) is 5.51. The lowest BCUT2D eigenvalue weighted by molar-refractivity contribution is -0.384. The molecule has 0 radical (unpaired) electrons. The second-order valence-corrected chi connectivity index (χ2v) is 6.30. The highest BCUT2D eigenvalue weighted by atomic mass is 16.6. The Kier molecular flexibility index (Phi) is 5.25. The third-order valence-electron chi connectivity index (χ3n) is 2.76. The van der Waals surface area contributed by atoms with Crippen LogP contribution in [0.2, 0.25) is 0 Å². The minimum absolute atomic E-state index is 0.0223. The van der Waals surface area contributed by atoms with Crippen molar-refractivity contribution in [3.63, 3.8) is 0 Å². The van der Waals surface area contributed by atoms with Gasteiger partial charge < -0.3 is 4.74 Å². The van der Waals surface area contributed by atoms with Crippen LogP contribution in [0.3, 0.4) is 0 Å². The van der Waals surface area contributed by atoms with Crippen LogP contribution < -0.4 is 4.74 Å². The topological polar surface area (TPSA) is 69.4 Å². The highest BCUT2D eigenvalue weighted by Gasteiger charge is 2.18. The average molecular weight is 279 g/mol. The van der Waals surface area contributed by atoms with E-state index in [-0.39, 0.29) is 23.0 Å². The van der Waals surface area contributed by atoms with Gasteiger partial charge in [0.15, 0.2) is 0 Å². The molecule has 0 heterocycles. The molecule has 0 N–H and O–H groups in total. The van der Waals surface area contributed by atoms with Gasteiger partial charge in [-0.2, -0.15) is 0 Å². The molecule has 0 fully saturated rings. The van der Waals surface area contributed by atoms with E-state index in [4.69, 9.17) is 4.74 Å². The number of non-ortho nitro benzene ring substituents is 1. The first kappa shape index (κ1) is 16.1. The quantitative estimate of drug-likeness (QED) is 0.354. The lowest BCUT2D eigenvalue weighted by Crippen LogP contribution is -2.17. The van der Waals surface area contributed by atoms with E-state index in [0.29, 0.717) is 12.2 Å². The van der Waals surface area contributed by atoms with Crippen molar-refractivity contribution in [2.45, 2.75) is 40.5 Å². The van der Waals surface area contributed by atoms with Gasteiger partial charge in [-0.25, -0.2) is 0 Å². The average Bonchev–Trinajstić information content (AvgIpc) is 2.26. The molecule has 0 unspecified atom stereocenters. The van der Waals surface area contributed by atoms with E-state index in [0.717, 1.165) is 6.42 Å². The molecule has 0 aliphatic rings. The first-order valence-corrected chi connectivity index (χ1v) is 6.62. The van der Waals surface area contributed by atoms with Gasteiger partial charge in [0, 0.05) is 18.6 Å². The van der Waals surface area contributed by atoms with E-state index >= 15 is 0 Å². The molecule has 0 bridgehead atoms. The molecule has 0 aromatic heterocycles. The lowest BCUT2D eigenvalue weighted by Gasteiger charge is -2.22. The Hall–Kier alpha value is -1.91. The van der Waals surface area contributed by atoms with Crippen molar-refractivity contribution in [1.82, 2.24) is 0 Å². The molecule has 0 aliphatic carbocycles. The van der Waals surface area contributed by atoms with Crippen molar-refractivity contribution in [3.05, 3.63) is 34.4 Å². The number of hydrogen-bond acceptors (Lipinski definition) is 4. The van der Waals surface area contributed by atoms with Crippen LogP contribution in [0, 0.1) is 21.4 Å². The minimum atomic E-state index is -0.489. The van der Waals surface area contributed by atoms with Gasteiger partial charge >= 0.3 is 5.97 Å². The molecular formula is C15H21NO4. The monoisotopic (exact) mass is 279 g/mol. The molecule has 0 saturated carbocycles. The molecule has 5 heteroatoms. The van der Waals surface area contributed by atoms with Crippen LogP contribution in [0.15, 0.2) is 24.3 Å². The second kappa shape index (κ2) is 6.50. The van der Waals surface area contributed by atoms with E-state index in [1.807, 2.05) is 6.92 Å². The zero-order chi connectivity index (χ0) is 15.3. The number of carbonyl (C=O) groups excluding carboxylic acids is 1. The number of carbonyl (C=O) groups is 1. The summed E-state index contributed by atoms with van der Waals surface area (Å²) in [7, 11) is 0. The summed E-state index contributed by atoms with van der Waals surface area (Å²) < 4.78 is 5.17. The molecule has 0 amide bonds. The van der Waals surface area contributed by atoms with Gasteiger partial charge in [-0.05, 0) is 29.9 Å². The number of rotatable bonds is 5. The minimum Gasteiger partial charge on any atom is -0.427 e. The summed E-state index contributed by atoms with van der Waals surface area (Å²) in [5, 5.41) is 10.5. The first-order chi connectivity index (χ1) is 9.17. The second-order valence-electron chi connectivity index (χ2n) is 6.30. The zero-order valence-electron chi connectivity index (χ0n) is 12.4. The predicted octanol–water partition coefficient (Wildman–Crippen LogP) is 3.96. The molecule has 1 aromatic rings. The number of nitro groups is 1. The molecule has 0 aliphatic heterocycles. The van der Waals surface area contributed by atoms with Gasteiger partial charge in [-0.15, -0.1) is 0 Å². The summed E-state index contributed by atoms with van der Waals surface area (Å²) in [5.41, 5.74) is 0.151. The number of esters is 1. The summed E-state index contributed by atoms with van der Waals surface area (Å²) >= 11 is 0. The van der Waals surface area contributed by atoms with Gasteiger partial charge in [0.05, 0.1) is 4.92 Å². The largest absolute Gasteiger partial charge is 0.427 e. The molecule has 1 rings (SSSR count). The van der Waals surface area contributed by atoms with Gasteiger partial charge in [0.1, 0.15) is 5.75 Å². The van der Waals surface area contributed by atoms with Crippen molar-refractivity contribution >= 4 is 11.7 Å². The van der Waals surface area contributed by atoms with Crippen molar-refractivity contribution in [2.75, 3.05) is 0 Å². The SMILES string of the molecule is C[C@H](CC(=O)Oc1ccc([N+](=O)[O-])cc1)CC(C)(C)C.